The minimum atomic E-state index is -0.671. The van der Waals surface area contributed by atoms with Gasteiger partial charge in [0.05, 0.1) is 0 Å². The van der Waals surface area contributed by atoms with E-state index in [4.69, 9.17) is 9.69 Å². The number of benzene rings is 1. The van der Waals surface area contributed by atoms with Crippen LogP contribution in [0.4, 0.5) is 0 Å². The summed E-state index contributed by atoms with van der Waals surface area (Å²) in [7, 11) is 5.72. The van der Waals surface area contributed by atoms with Crippen molar-refractivity contribution in [3.05, 3.63) is 35.9 Å². The summed E-state index contributed by atoms with van der Waals surface area (Å²) in [6.07, 6.45) is 0. The minimum absolute atomic E-state index is 0.671. The molecule has 0 aliphatic rings. The van der Waals surface area contributed by atoms with E-state index in [0.717, 1.165) is 5.02 Å². The van der Waals surface area contributed by atoms with Crippen LogP contribution in [-0.4, -0.2) is 0 Å². The molecule has 0 atom stereocenters. The van der Waals surface area contributed by atoms with E-state index in [1.807, 2.05) is 6.07 Å². The van der Waals surface area contributed by atoms with Crippen LogP contribution in [0.5, 0.6) is 0 Å². The van der Waals surface area contributed by atoms with Crippen molar-refractivity contribution in [3.8, 4) is 0 Å². The zero-order valence-corrected chi connectivity index (χ0v) is 8.90. The van der Waals surface area contributed by atoms with Crippen molar-refractivity contribution in [1.29, 1.82) is 0 Å². The van der Waals surface area contributed by atoms with E-state index in [9.17, 15) is 0 Å². The average molecular weight is 192 g/mol. The zero-order chi connectivity index (χ0) is 6.53. The maximum atomic E-state index is 5.72. The van der Waals surface area contributed by atoms with Crippen LogP contribution in [0.3, 0.4) is 0 Å². The SMILES string of the molecule is [Cl][Zn][CH2]c1ccccc1. The van der Waals surface area contributed by atoms with Crippen molar-refractivity contribution in [2.75, 3.05) is 0 Å². The first kappa shape index (κ1) is 7.24. The molecule has 0 heterocycles. The Labute approximate surface area is 66.9 Å². The molecular formula is C7H7ClZn. The Balaban J connectivity index is 2.61. The normalized spacial score (nSPS) is 8.56. The van der Waals surface area contributed by atoms with Gasteiger partial charge in [0.2, 0.25) is 0 Å². The van der Waals surface area contributed by atoms with Gasteiger partial charge < -0.3 is 0 Å². The molecule has 0 nitrogen and oxygen atoms in total. The topological polar surface area (TPSA) is 0 Å². The fourth-order valence-electron chi connectivity index (χ4n) is 0.754. The third kappa shape index (κ3) is 2.47. The summed E-state index contributed by atoms with van der Waals surface area (Å²) < 4.78 is 0. The van der Waals surface area contributed by atoms with Gasteiger partial charge in [0.25, 0.3) is 0 Å². The second-order valence-electron chi connectivity index (χ2n) is 1.92. The monoisotopic (exact) mass is 190 g/mol. The van der Waals surface area contributed by atoms with Crippen molar-refractivity contribution in [2.24, 2.45) is 0 Å². The van der Waals surface area contributed by atoms with E-state index in [2.05, 4.69) is 24.3 Å². The molecule has 0 bridgehead atoms. The molecule has 1 rings (SSSR count). The van der Waals surface area contributed by atoms with Crippen LogP contribution in [0.25, 0.3) is 0 Å². The standard InChI is InChI=1S/C7H7.ClH.Zn/c1-7-5-3-2-4-6-7;;/h2-6H,1H2;1H;/q;;+1/p-1. The molecule has 0 N–H and O–H groups in total. The summed E-state index contributed by atoms with van der Waals surface area (Å²) >= 11 is -0.671. The molecule has 2 heteroatoms. The number of hydrogen-bond acceptors (Lipinski definition) is 0. The zero-order valence-electron chi connectivity index (χ0n) is 5.18. The first-order chi connectivity index (χ1) is 4.43. The van der Waals surface area contributed by atoms with Gasteiger partial charge in [0.1, 0.15) is 0 Å². The first-order valence-electron chi connectivity index (χ1n) is 3.03. The Bertz CT molecular complexity index is 162. The quantitative estimate of drug-likeness (QED) is 0.631. The van der Waals surface area contributed by atoms with E-state index in [-0.39, 0.29) is 0 Å². The van der Waals surface area contributed by atoms with Gasteiger partial charge in [-0.2, -0.15) is 0 Å². The third-order valence-corrected chi connectivity index (χ3v) is 3.82. The molecule has 9 heavy (non-hydrogen) atoms. The van der Waals surface area contributed by atoms with Crippen LogP contribution in [0.15, 0.2) is 30.3 Å². The van der Waals surface area contributed by atoms with Crippen LogP contribution in [0.2, 0.25) is 0 Å². The molecule has 0 spiro atoms. The van der Waals surface area contributed by atoms with E-state index in [1.54, 1.807) is 0 Å². The molecule has 0 saturated heterocycles. The van der Waals surface area contributed by atoms with Gasteiger partial charge in [-0.05, 0) is 0 Å². The van der Waals surface area contributed by atoms with Crippen molar-refractivity contribution in [2.45, 2.75) is 5.02 Å². The summed E-state index contributed by atoms with van der Waals surface area (Å²) in [5.41, 5.74) is 1.40. The first-order valence-corrected chi connectivity index (χ1v) is 9.03. The summed E-state index contributed by atoms with van der Waals surface area (Å²) in [5, 5.41) is 1.16. The van der Waals surface area contributed by atoms with Crippen LogP contribution < -0.4 is 0 Å². The molecule has 1 aromatic rings. The Kier molecular flexibility index (Phi) is 3.24. The molecule has 0 unspecified atom stereocenters. The fraction of sp³-hybridized carbons (Fsp3) is 0.143. The van der Waals surface area contributed by atoms with Crippen molar-refractivity contribution in [3.63, 3.8) is 0 Å². The molecule has 0 radical (unpaired) electrons. The molecule has 0 amide bonds. The molecular weight excluding hydrogens is 185 g/mol. The van der Waals surface area contributed by atoms with Gasteiger partial charge in [0, 0.05) is 0 Å². The van der Waals surface area contributed by atoms with Crippen LogP contribution >= 0.6 is 9.69 Å². The summed E-state index contributed by atoms with van der Waals surface area (Å²) in [5.74, 6) is 0. The predicted octanol–water partition coefficient (Wildman–Crippen LogP) is 2.42. The third-order valence-electron chi connectivity index (χ3n) is 1.23. The molecule has 0 saturated carbocycles. The molecule has 0 aliphatic heterocycles. The van der Waals surface area contributed by atoms with Gasteiger partial charge >= 0.3 is 66.7 Å². The number of hydrogen-bond donors (Lipinski definition) is 0. The Hall–Kier alpha value is 0.133. The van der Waals surface area contributed by atoms with Crippen molar-refractivity contribution < 1.29 is 16.1 Å². The molecule has 1 aromatic carbocycles. The van der Waals surface area contributed by atoms with Gasteiger partial charge in [0.15, 0.2) is 0 Å². The maximum absolute atomic E-state index is 5.72. The Morgan fingerprint density at radius 3 is 2.44 bits per heavy atom. The Morgan fingerprint density at radius 1 is 1.22 bits per heavy atom. The fourth-order valence-corrected chi connectivity index (χ4v) is 3.04. The summed E-state index contributed by atoms with van der Waals surface area (Å²) in [6, 6.07) is 10.4. The van der Waals surface area contributed by atoms with Gasteiger partial charge in [-0.25, -0.2) is 0 Å². The van der Waals surface area contributed by atoms with Crippen molar-refractivity contribution >= 4 is 9.69 Å². The van der Waals surface area contributed by atoms with Crippen LogP contribution in [0.1, 0.15) is 5.56 Å². The van der Waals surface area contributed by atoms with E-state index in [0.29, 0.717) is 0 Å². The average Bonchev–Trinajstić information content (AvgIpc) is 1.91. The van der Waals surface area contributed by atoms with Gasteiger partial charge in [-0.1, -0.05) is 0 Å². The second-order valence-corrected chi connectivity index (χ2v) is 5.73. The van der Waals surface area contributed by atoms with Crippen LogP contribution in [-0.2, 0) is 21.2 Å². The van der Waals surface area contributed by atoms with Gasteiger partial charge in [-0.15, -0.1) is 0 Å². The van der Waals surface area contributed by atoms with Crippen LogP contribution in [0, 0.1) is 0 Å². The number of halogens is 1. The van der Waals surface area contributed by atoms with Gasteiger partial charge in [-0.3, -0.25) is 0 Å². The van der Waals surface area contributed by atoms with E-state index < -0.39 is 16.1 Å². The predicted molar refractivity (Wildman–Crippen MR) is 36.0 cm³/mol. The van der Waals surface area contributed by atoms with E-state index in [1.165, 1.54) is 5.56 Å². The number of rotatable bonds is 2. The molecule has 0 fully saturated rings. The molecule has 44 valence electrons. The second kappa shape index (κ2) is 4.03. The summed E-state index contributed by atoms with van der Waals surface area (Å²) in [4.78, 5) is 0. The molecule has 0 aromatic heterocycles. The summed E-state index contributed by atoms with van der Waals surface area (Å²) in [6.45, 7) is 0. The van der Waals surface area contributed by atoms with E-state index >= 15 is 0 Å². The Morgan fingerprint density at radius 2 is 1.89 bits per heavy atom. The molecule has 0 aliphatic carbocycles. The van der Waals surface area contributed by atoms with Crippen molar-refractivity contribution in [1.82, 2.24) is 0 Å².